The molecule has 0 aromatic heterocycles. The molecule has 0 unspecified atom stereocenters. The van der Waals surface area contributed by atoms with Crippen molar-refractivity contribution in [1.82, 2.24) is 10.6 Å². The van der Waals surface area contributed by atoms with Crippen LogP contribution in [0.1, 0.15) is 19.8 Å². The first-order valence-electron chi connectivity index (χ1n) is 10.1. The summed E-state index contributed by atoms with van der Waals surface area (Å²) in [5.74, 6) is -0.549. The number of rotatable bonds is 4. The molecule has 158 valence electrons. The van der Waals surface area contributed by atoms with Crippen LogP contribution in [0.2, 0.25) is 0 Å². The van der Waals surface area contributed by atoms with Crippen LogP contribution in [0, 0.1) is 5.82 Å². The summed E-state index contributed by atoms with van der Waals surface area (Å²) in [5.41, 5.74) is 0.859. The molecule has 0 bridgehead atoms. The highest BCUT2D eigenvalue weighted by molar-refractivity contribution is 5.90. The molecule has 0 aliphatic carbocycles. The van der Waals surface area contributed by atoms with Gasteiger partial charge in [-0.25, -0.2) is 9.18 Å². The molecule has 1 spiro atoms. The van der Waals surface area contributed by atoms with Crippen molar-refractivity contribution in [3.05, 3.63) is 24.0 Å². The van der Waals surface area contributed by atoms with Crippen molar-refractivity contribution in [1.29, 1.82) is 0 Å². The number of hydrogen-bond donors (Lipinski definition) is 2. The second-order valence-electron chi connectivity index (χ2n) is 7.88. The second-order valence-corrected chi connectivity index (χ2v) is 7.88. The molecule has 0 saturated carbocycles. The van der Waals surface area contributed by atoms with Crippen LogP contribution in [0.5, 0.6) is 0 Å². The van der Waals surface area contributed by atoms with Gasteiger partial charge in [0.2, 0.25) is 5.91 Å². The molecular weight excluding hydrogens is 379 g/mol. The Balaban J connectivity index is 1.39. The molecule has 1 aromatic rings. The van der Waals surface area contributed by atoms with Crippen molar-refractivity contribution in [2.45, 2.75) is 31.5 Å². The summed E-state index contributed by atoms with van der Waals surface area (Å²) in [6.45, 7) is 5.81. The van der Waals surface area contributed by atoms with Crippen LogP contribution in [0.25, 0.3) is 0 Å². The van der Waals surface area contributed by atoms with E-state index < -0.39 is 12.2 Å². The number of hydrogen-bond acceptors (Lipinski definition) is 6. The molecule has 1 aromatic carbocycles. The van der Waals surface area contributed by atoms with Crippen molar-refractivity contribution < 1.29 is 23.5 Å². The van der Waals surface area contributed by atoms with E-state index in [1.807, 2.05) is 4.90 Å². The highest BCUT2D eigenvalue weighted by atomic mass is 19.1. The maximum absolute atomic E-state index is 14.9. The van der Waals surface area contributed by atoms with Crippen LogP contribution in [0.4, 0.5) is 20.6 Å². The number of ether oxygens (including phenoxy) is 2. The van der Waals surface area contributed by atoms with E-state index >= 15 is 0 Å². The van der Waals surface area contributed by atoms with Crippen LogP contribution < -0.4 is 20.4 Å². The molecule has 3 aliphatic rings. The normalized spacial score (nSPS) is 23.9. The van der Waals surface area contributed by atoms with Gasteiger partial charge in [-0.3, -0.25) is 9.69 Å². The van der Waals surface area contributed by atoms with Crippen LogP contribution in [-0.2, 0) is 14.3 Å². The minimum absolute atomic E-state index is 0.132. The standard InChI is InChI=1S/C20H27FN4O4/c1-14(26)23-11-16-12-25(19(27)29-16)15-2-3-18(17(21)10-15)24-7-4-20(5-8-24)13-22-6-9-28-20/h2-3,10,16,22H,4-9,11-13H2,1H3,(H,23,26)/t16-/m0/s1. The Morgan fingerprint density at radius 1 is 1.38 bits per heavy atom. The average Bonchev–Trinajstić information content (AvgIpc) is 3.09. The Labute approximate surface area is 169 Å². The van der Waals surface area contributed by atoms with Crippen molar-refractivity contribution in [2.24, 2.45) is 0 Å². The quantitative estimate of drug-likeness (QED) is 0.783. The van der Waals surface area contributed by atoms with Gasteiger partial charge >= 0.3 is 6.09 Å². The Hall–Kier alpha value is -2.39. The highest BCUT2D eigenvalue weighted by Crippen LogP contribution is 2.33. The third-order valence-electron chi connectivity index (χ3n) is 5.85. The fourth-order valence-electron chi connectivity index (χ4n) is 4.20. The predicted molar refractivity (Wildman–Crippen MR) is 106 cm³/mol. The van der Waals surface area contributed by atoms with Crippen LogP contribution in [0.15, 0.2) is 18.2 Å². The highest BCUT2D eigenvalue weighted by Gasteiger charge is 2.38. The SMILES string of the molecule is CC(=O)NC[C@H]1CN(c2ccc(N3CCC4(CC3)CNCCO4)c(F)c2)C(=O)O1. The first-order valence-corrected chi connectivity index (χ1v) is 10.1. The number of halogens is 1. The average molecular weight is 406 g/mol. The van der Waals surface area contributed by atoms with Crippen LogP contribution >= 0.6 is 0 Å². The van der Waals surface area contributed by atoms with Gasteiger partial charge in [-0.2, -0.15) is 0 Å². The van der Waals surface area contributed by atoms with Gasteiger partial charge in [0.05, 0.1) is 36.7 Å². The van der Waals surface area contributed by atoms with Gasteiger partial charge in [0.15, 0.2) is 0 Å². The number of cyclic esters (lactones) is 1. The van der Waals surface area contributed by atoms with Gasteiger partial charge in [0, 0.05) is 33.1 Å². The molecular formula is C20H27FN4O4. The Kier molecular flexibility index (Phi) is 5.60. The molecule has 29 heavy (non-hydrogen) atoms. The van der Waals surface area contributed by atoms with Crippen molar-refractivity contribution in [2.75, 3.05) is 55.7 Å². The van der Waals surface area contributed by atoms with Gasteiger partial charge in [-0.05, 0) is 31.0 Å². The Morgan fingerprint density at radius 2 is 2.17 bits per heavy atom. The van der Waals surface area contributed by atoms with Gasteiger partial charge in [-0.1, -0.05) is 0 Å². The molecule has 1 atom stereocenters. The van der Waals surface area contributed by atoms with Gasteiger partial charge in [0.25, 0.3) is 0 Å². The Bertz CT molecular complexity index is 774. The van der Waals surface area contributed by atoms with E-state index in [0.29, 0.717) is 11.4 Å². The molecule has 3 fully saturated rings. The summed E-state index contributed by atoms with van der Waals surface area (Å²) in [6.07, 6.45) is 0.723. The van der Waals surface area contributed by atoms with Crippen molar-refractivity contribution in [3.8, 4) is 0 Å². The zero-order valence-electron chi connectivity index (χ0n) is 16.6. The predicted octanol–water partition coefficient (Wildman–Crippen LogP) is 1.25. The molecule has 8 nitrogen and oxygen atoms in total. The number of carbonyl (C=O) groups excluding carboxylic acids is 2. The van der Waals surface area contributed by atoms with Gasteiger partial charge in [-0.15, -0.1) is 0 Å². The molecule has 3 aliphatic heterocycles. The summed E-state index contributed by atoms with van der Waals surface area (Å²) >= 11 is 0. The number of carbonyl (C=O) groups is 2. The lowest BCUT2D eigenvalue weighted by molar-refractivity contribution is -0.119. The third-order valence-corrected chi connectivity index (χ3v) is 5.85. The topological polar surface area (TPSA) is 83.1 Å². The largest absolute Gasteiger partial charge is 0.442 e. The fraction of sp³-hybridized carbons (Fsp3) is 0.600. The zero-order chi connectivity index (χ0) is 20.4. The van der Waals surface area contributed by atoms with Crippen LogP contribution in [0.3, 0.4) is 0 Å². The van der Waals surface area contributed by atoms with E-state index in [4.69, 9.17) is 9.47 Å². The summed E-state index contributed by atoms with van der Waals surface area (Å²) < 4.78 is 26.1. The molecule has 2 N–H and O–H groups in total. The number of benzene rings is 1. The third kappa shape index (κ3) is 4.30. The Morgan fingerprint density at radius 3 is 2.83 bits per heavy atom. The number of nitrogens with one attached hydrogen (secondary N) is 2. The van der Waals surface area contributed by atoms with Crippen molar-refractivity contribution in [3.63, 3.8) is 0 Å². The minimum Gasteiger partial charge on any atom is -0.442 e. The number of nitrogens with zero attached hydrogens (tertiary/aromatic N) is 2. The maximum atomic E-state index is 14.9. The number of piperidine rings is 1. The lowest BCUT2D eigenvalue weighted by Gasteiger charge is -2.44. The first kappa shape index (κ1) is 19.9. The summed E-state index contributed by atoms with van der Waals surface area (Å²) in [5, 5.41) is 6.01. The summed E-state index contributed by atoms with van der Waals surface area (Å²) in [6, 6.07) is 4.83. The summed E-state index contributed by atoms with van der Waals surface area (Å²) in [4.78, 5) is 26.6. The minimum atomic E-state index is -0.533. The zero-order valence-corrected chi connectivity index (χ0v) is 16.6. The van der Waals surface area contributed by atoms with E-state index in [9.17, 15) is 14.0 Å². The van der Waals surface area contributed by atoms with E-state index in [2.05, 4.69) is 10.6 Å². The smallest absolute Gasteiger partial charge is 0.414 e. The van der Waals surface area contributed by atoms with Gasteiger partial charge < -0.3 is 25.0 Å². The second kappa shape index (κ2) is 8.16. The lowest BCUT2D eigenvalue weighted by atomic mass is 9.89. The van der Waals surface area contributed by atoms with E-state index in [1.165, 1.54) is 17.9 Å². The molecule has 9 heteroatoms. The molecule has 2 amide bonds. The molecule has 3 saturated heterocycles. The summed E-state index contributed by atoms with van der Waals surface area (Å²) in [7, 11) is 0. The van der Waals surface area contributed by atoms with E-state index in [1.54, 1.807) is 12.1 Å². The van der Waals surface area contributed by atoms with E-state index in [0.717, 1.165) is 45.6 Å². The monoisotopic (exact) mass is 406 g/mol. The maximum Gasteiger partial charge on any atom is 0.414 e. The number of morpholine rings is 1. The number of amides is 2. The van der Waals surface area contributed by atoms with Gasteiger partial charge in [0.1, 0.15) is 11.9 Å². The molecule has 4 rings (SSSR count). The van der Waals surface area contributed by atoms with E-state index in [-0.39, 0.29) is 30.4 Å². The number of anilines is 2. The lowest BCUT2D eigenvalue weighted by Crippen LogP contribution is -2.55. The fourth-order valence-corrected chi connectivity index (χ4v) is 4.20. The molecule has 3 heterocycles. The van der Waals surface area contributed by atoms with Crippen LogP contribution in [-0.4, -0.2) is 69.6 Å². The first-order chi connectivity index (χ1) is 14.0. The molecule has 0 radical (unpaired) electrons. The van der Waals surface area contributed by atoms with Crippen molar-refractivity contribution >= 4 is 23.4 Å².